The lowest BCUT2D eigenvalue weighted by atomic mass is 9.96. The van der Waals surface area contributed by atoms with Gasteiger partial charge in [-0.15, -0.1) is 0 Å². The number of carbonyl (C=O) groups excluding carboxylic acids is 4. The minimum Gasteiger partial charge on any atom is -0.463 e. The first-order valence-corrected chi connectivity index (χ1v) is 12.2. The number of hydrogen-bond donors (Lipinski definition) is 1. The van der Waals surface area contributed by atoms with Crippen LogP contribution in [-0.4, -0.2) is 67.7 Å². The molecule has 10 heteroatoms. The summed E-state index contributed by atoms with van der Waals surface area (Å²) in [6.45, 7) is 7.27. The highest BCUT2D eigenvalue weighted by Crippen LogP contribution is 2.28. The Morgan fingerprint density at radius 2 is 1.32 bits per heavy atom. The Kier molecular flexibility index (Phi) is 14.4. The molecule has 0 spiro atoms. The Morgan fingerprint density at radius 1 is 0.765 bits per heavy atom. The summed E-state index contributed by atoms with van der Waals surface area (Å²) in [4.78, 5) is 46.8. The zero-order valence-electron chi connectivity index (χ0n) is 21.1. The van der Waals surface area contributed by atoms with Crippen LogP contribution in [-0.2, 0) is 42.9 Å². The molecule has 0 saturated carbocycles. The molecule has 5 atom stereocenters. The van der Waals surface area contributed by atoms with Crippen molar-refractivity contribution in [3.8, 4) is 0 Å². The molecule has 1 fully saturated rings. The van der Waals surface area contributed by atoms with Crippen molar-refractivity contribution in [3.05, 3.63) is 0 Å². The molecule has 34 heavy (non-hydrogen) atoms. The highest BCUT2D eigenvalue weighted by atomic mass is 16.7. The van der Waals surface area contributed by atoms with E-state index in [-0.39, 0.29) is 6.61 Å². The summed E-state index contributed by atoms with van der Waals surface area (Å²) in [6.07, 6.45) is 4.88. The fraction of sp³-hybridized carbons (Fsp3) is 0.833. The molecule has 0 radical (unpaired) electrons. The second kappa shape index (κ2) is 16.4. The van der Waals surface area contributed by atoms with Crippen LogP contribution in [0.4, 0.5) is 0 Å². The fourth-order valence-corrected chi connectivity index (χ4v) is 3.87. The van der Waals surface area contributed by atoms with Gasteiger partial charge in [0.1, 0.15) is 18.8 Å². The van der Waals surface area contributed by atoms with Gasteiger partial charge in [-0.1, -0.05) is 51.9 Å². The van der Waals surface area contributed by atoms with Gasteiger partial charge in [0.15, 0.2) is 18.5 Å². The smallest absolute Gasteiger partial charge is 0.303 e. The minimum absolute atomic E-state index is 0.241. The highest BCUT2D eigenvalue weighted by molar-refractivity contribution is 5.73. The Morgan fingerprint density at radius 3 is 1.85 bits per heavy atom. The number of carbonyl (C=O) groups is 4. The zero-order valence-corrected chi connectivity index (χ0v) is 21.1. The standard InChI is InChI=1S/C24H41NO9/c1-6-7-8-9-10-11-12-13-14-30-24-21(25-16(2)26)23(33-19(5)29)22(32-18(4)28)20(34-24)15-31-17(3)27/h20-24H,6-15H2,1-5H3,(H,25,26)/t20-,21-,22-,23-,24-/m1/s1. The maximum absolute atomic E-state index is 11.9. The van der Waals surface area contributed by atoms with Crippen LogP contribution in [0, 0.1) is 0 Å². The second-order valence-electron chi connectivity index (χ2n) is 8.57. The summed E-state index contributed by atoms with van der Waals surface area (Å²) < 4.78 is 27.8. The number of esters is 3. The van der Waals surface area contributed by atoms with Crippen molar-refractivity contribution >= 4 is 23.8 Å². The second-order valence-corrected chi connectivity index (χ2v) is 8.57. The van der Waals surface area contributed by atoms with Crippen molar-refractivity contribution in [2.24, 2.45) is 0 Å². The summed E-state index contributed by atoms with van der Waals surface area (Å²) >= 11 is 0. The molecular formula is C24H41NO9. The van der Waals surface area contributed by atoms with Crippen molar-refractivity contribution < 1.29 is 42.9 Å². The van der Waals surface area contributed by atoms with Gasteiger partial charge < -0.3 is 29.0 Å². The highest BCUT2D eigenvalue weighted by Gasteiger charge is 2.51. The number of rotatable bonds is 15. The number of hydrogen-bond acceptors (Lipinski definition) is 9. The van der Waals surface area contributed by atoms with Crippen LogP contribution in [0.5, 0.6) is 0 Å². The van der Waals surface area contributed by atoms with E-state index >= 15 is 0 Å². The van der Waals surface area contributed by atoms with Gasteiger partial charge in [-0.2, -0.15) is 0 Å². The van der Waals surface area contributed by atoms with Crippen LogP contribution in [0.3, 0.4) is 0 Å². The Hall–Kier alpha value is -2.20. The largest absolute Gasteiger partial charge is 0.463 e. The van der Waals surface area contributed by atoms with Crippen molar-refractivity contribution in [1.82, 2.24) is 5.32 Å². The minimum atomic E-state index is -1.11. The molecular weight excluding hydrogens is 446 g/mol. The van der Waals surface area contributed by atoms with Crippen LogP contribution < -0.4 is 5.32 Å². The number of amides is 1. The van der Waals surface area contributed by atoms with E-state index in [2.05, 4.69) is 12.2 Å². The van der Waals surface area contributed by atoms with Gasteiger partial charge in [-0.3, -0.25) is 19.2 Å². The summed E-state index contributed by atoms with van der Waals surface area (Å²) in [5.41, 5.74) is 0. The number of unbranched alkanes of at least 4 members (excludes halogenated alkanes) is 7. The van der Waals surface area contributed by atoms with Crippen molar-refractivity contribution in [2.45, 2.75) is 117 Å². The third kappa shape index (κ3) is 11.8. The first-order valence-electron chi connectivity index (χ1n) is 12.2. The van der Waals surface area contributed by atoms with Crippen LogP contribution in [0.15, 0.2) is 0 Å². The van der Waals surface area contributed by atoms with Crippen LogP contribution in [0.25, 0.3) is 0 Å². The van der Waals surface area contributed by atoms with E-state index in [0.29, 0.717) is 6.61 Å². The predicted molar refractivity (Wildman–Crippen MR) is 123 cm³/mol. The average Bonchev–Trinajstić information content (AvgIpc) is 2.74. The number of nitrogens with one attached hydrogen (secondary N) is 1. The molecule has 0 aromatic rings. The third-order valence-corrected chi connectivity index (χ3v) is 5.35. The normalized spacial score (nSPS) is 24.2. The van der Waals surface area contributed by atoms with Gasteiger partial charge in [0, 0.05) is 34.3 Å². The molecule has 10 nitrogen and oxygen atoms in total. The summed E-state index contributed by atoms with van der Waals surface area (Å²) in [5, 5.41) is 2.69. The predicted octanol–water partition coefficient (Wildman–Crippen LogP) is 2.80. The molecule has 0 aromatic heterocycles. The maximum Gasteiger partial charge on any atom is 0.303 e. The van der Waals surface area contributed by atoms with E-state index in [9.17, 15) is 19.2 Å². The molecule has 0 unspecified atom stereocenters. The van der Waals surface area contributed by atoms with Crippen molar-refractivity contribution in [3.63, 3.8) is 0 Å². The lowest BCUT2D eigenvalue weighted by molar-refractivity contribution is -0.277. The van der Waals surface area contributed by atoms with E-state index in [4.69, 9.17) is 23.7 Å². The maximum atomic E-state index is 11.9. The molecule has 196 valence electrons. The fourth-order valence-electron chi connectivity index (χ4n) is 3.87. The SMILES string of the molecule is CCCCCCCCCCO[C@@H]1O[C@H](COC(C)=O)[C@@H](OC(C)=O)[C@H](OC(C)=O)[C@H]1NC(C)=O. The van der Waals surface area contributed by atoms with E-state index in [1.807, 2.05) is 0 Å². The van der Waals surface area contributed by atoms with Gasteiger partial charge in [-0.25, -0.2) is 0 Å². The first kappa shape index (κ1) is 29.8. The number of ether oxygens (including phenoxy) is 5. The molecule has 1 heterocycles. The Balaban J connectivity index is 2.89. The monoisotopic (exact) mass is 487 g/mol. The van der Waals surface area contributed by atoms with Crippen LogP contribution in [0.2, 0.25) is 0 Å². The summed E-state index contributed by atoms with van der Waals surface area (Å²) in [7, 11) is 0. The molecule has 1 saturated heterocycles. The van der Waals surface area contributed by atoms with Crippen molar-refractivity contribution in [1.29, 1.82) is 0 Å². The molecule has 0 aromatic carbocycles. The Labute approximate surface area is 202 Å². The summed E-state index contributed by atoms with van der Waals surface area (Å²) in [5.74, 6) is -2.22. The molecule has 1 aliphatic heterocycles. The quantitative estimate of drug-likeness (QED) is 0.211. The lowest BCUT2D eigenvalue weighted by Crippen LogP contribution is -2.66. The van der Waals surface area contributed by atoms with E-state index in [1.54, 1.807) is 0 Å². The zero-order chi connectivity index (χ0) is 25.5. The molecule has 1 amide bonds. The van der Waals surface area contributed by atoms with Gasteiger partial charge in [0.2, 0.25) is 5.91 Å². The van der Waals surface area contributed by atoms with E-state index < -0.39 is 54.5 Å². The topological polar surface area (TPSA) is 126 Å². The molecule has 0 aliphatic carbocycles. The summed E-state index contributed by atoms with van der Waals surface area (Å²) in [6, 6.07) is -0.923. The van der Waals surface area contributed by atoms with Crippen molar-refractivity contribution in [2.75, 3.05) is 13.2 Å². The van der Waals surface area contributed by atoms with Crippen LogP contribution >= 0.6 is 0 Å². The average molecular weight is 488 g/mol. The molecule has 1 rings (SSSR count). The van der Waals surface area contributed by atoms with Gasteiger partial charge in [-0.05, 0) is 6.42 Å². The molecule has 0 bridgehead atoms. The van der Waals surface area contributed by atoms with Crippen LogP contribution in [0.1, 0.15) is 86.0 Å². The molecule has 1 N–H and O–H groups in total. The van der Waals surface area contributed by atoms with E-state index in [1.165, 1.54) is 59.8 Å². The van der Waals surface area contributed by atoms with Gasteiger partial charge in [0.25, 0.3) is 0 Å². The van der Waals surface area contributed by atoms with Gasteiger partial charge >= 0.3 is 17.9 Å². The van der Waals surface area contributed by atoms with E-state index in [0.717, 1.165) is 19.3 Å². The van der Waals surface area contributed by atoms with Gasteiger partial charge in [0.05, 0.1) is 0 Å². The Bertz CT molecular complexity index is 654. The molecule has 1 aliphatic rings. The third-order valence-electron chi connectivity index (χ3n) is 5.35. The first-order chi connectivity index (χ1) is 16.1. The lowest BCUT2D eigenvalue weighted by Gasteiger charge is -2.44.